The largest absolute Gasteiger partial charge is 0.362 e. The Morgan fingerprint density at radius 3 is 2.50 bits per heavy atom. The summed E-state index contributed by atoms with van der Waals surface area (Å²) in [5.41, 5.74) is 2.34. The third kappa shape index (κ3) is 6.35. The summed E-state index contributed by atoms with van der Waals surface area (Å²) in [5, 5.41) is 6.65. The average molecular weight is 439 g/mol. The SMILES string of the molecule is CCNC(=NCc1ccccc1)NCc1cccnc1N(C)C.I. The molecule has 130 valence electrons. The molecule has 0 aliphatic carbocycles. The third-order valence-electron chi connectivity index (χ3n) is 3.34. The van der Waals surface area contributed by atoms with Crippen LogP contribution in [0.4, 0.5) is 5.82 Å². The maximum Gasteiger partial charge on any atom is 0.191 e. The van der Waals surface area contributed by atoms with Crippen LogP contribution in [0, 0.1) is 0 Å². The highest BCUT2D eigenvalue weighted by Gasteiger charge is 2.06. The van der Waals surface area contributed by atoms with E-state index < -0.39 is 0 Å². The normalized spacial score (nSPS) is 10.7. The number of nitrogens with one attached hydrogen (secondary N) is 2. The first-order valence-corrected chi connectivity index (χ1v) is 7.88. The van der Waals surface area contributed by atoms with Gasteiger partial charge in [0.1, 0.15) is 5.82 Å². The Balaban J connectivity index is 0.00000288. The van der Waals surface area contributed by atoms with Gasteiger partial charge < -0.3 is 15.5 Å². The van der Waals surface area contributed by atoms with Gasteiger partial charge in [-0.2, -0.15) is 0 Å². The Morgan fingerprint density at radius 1 is 1.08 bits per heavy atom. The first-order chi connectivity index (χ1) is 11.2. The van der Waals surface area contributed by atoms with Gasteiger partial charge in [-0.05, 0) is 18.6 Å². The Kier molecular flexibility index (Phi) is 9.14. The van der Waals surface area contributed by atoms with Crippen molar-refractivity contribution in [2.45, 2.75) is 20.0 Å². The smallest absolute Gasteiger partial charge is 0.191 e. The van der Waals surface area contributed by atoms with Gasteiger partial charge in [-0.3, -0.25) is 0 Å². The lowest BCUT2D eigenvalue weighted by Crippen LogP contribution is -2.37. The van der Waals surface area contributed by atoms with Crippen LogP contribution < -0.4 is 15.5 Å². The molecule has 0 fully saturated rings. The first kappa shape index (κ1) is 20.2. The fraction of sp³-hybridized carbons (Fsp3) is 0.333. The lowest BCUT2D eigenvalue weighted by molar-refractivity contribution is 0.810. The average Bonchev–Trinajstić information content (AvgIpc) is 2.58. The van der Waals surface area contributed by atoms with Gasteiger partial charge in [0.2, 0.25) is 0 Å². The predicted molar refractivity (Wildman–Crippen MR) is 112 cm³/mol. The van der Waals surface area contributed by atoms with E-state index in [1.807, 2.05) is 49.5 Å². The van der Waals surface area contributed by atoms with Crippen LogP contribution in [0.15, 0.2) is 53.7 Å². The minimum atomic E-state index is 0. The zero-order valence-electron chi connectivity index (χ0n) is 14.5. The van der Waals surface area contributed by atoms with Crippen LogP contribution in [0.25, 0.3) is 0 Å². The van der Waals surface area contributed by atoms with Gasteiger partial charge in [0.15, 0.2) is 5.96 Å². The zero-order valence-corrected chi connectivity index (χ0v) is 16.8. The Hall–Kier alpha value is -1.83. The fourth-order valence-corrected chi connectivity index (χ4v) is 2.25. The molecule has 0 amide bonds. The number of pyridine rings is 1. The van der Waals surface area contributed by atoms with Crippen molar-refractivity contribution in [2.75, 3.05) is 25.5 Å². The molecule has 0 bridgehead atoms. The van der Waals surface area contributed by atoms with Crippen LogP contribution in [-0.4, -0.2) is 31.6 Å². The molecule has 2 aromatic rings. The summed E-state index contributed by atoms with van der Waals surface area (Å²) in [6.45, 7) is 4.23. The van der Waals surface area contributed by atoms with E-state index in [1.165, 1.54) is 5.56 Å². The highest BCUT2D eigenvalue weighted by Crippen LogP contribution is 2.13. The number of aromatic nitrogens is 1. The Bertz CT molecular complexity index is 628. The van der Waals surface area contributed by atoms with E-state index >= 15 is 0 Å². The molecule has 2 N–H and O–H groups in total. The van der Waals surface area contributed by atoms with Crippen molar-refractivity contribution >= 4 is 35.8 Å². The van der Waals surface area contributed by atoms with E-state index in [0.717, 1.165) is 23.9 Å². The number of hydrogen-bond acceptors (Lipinski definition) is 3. The second-order valence-corrected chi connectivity index (χ2v) is 5.41. The van der Waals surface area contributed by atoms with E-state index in [0.29, 0.717) is 13.1 Å². The summed E-state index contributed by atoms with van der Waals surface area (Å²) < 4.78 is 0. The number of anilines is 1. The van der Waals surface area contributed by atoms with Crippen molar-refractivity contribution in [1.29, 1.82) is 0 Å². The van der Waals surface area contributed by atoms with Crippen LogP contribution in [0.3, 0.4) is 0 Å². The summed E-state index contributed by atoms with van der Waals surface area (Å²) >= 11 is 0. The molecule has 0 spiro atoms. The molecule has 0 aliphatic heterocycles. The summed E-state index contributed by atoms with van der Waals surface area (Å²) in [6, 6.07) is 14.3. The number of guanidine groups is 1. The summed E-state index contributed by atoms with van der Waals surface area (Å²) in [6.07, 6.45) is 1.81. The van der Waals surface area contributed by atoms with E-state index in [1.54, 1.807) is 0 Å². The number of aliphatic imine (C=N–C) groups is 1. The predicted octanol–water partition coefficient (Wildman–Crippen LogP) is 3.02. The number of rotatable bonds is 6. The second-order valence-electron chi connectivity index (χ2n) is 5.41. The third-order valence-corrected chi connectivity index (χ3v) is 3.34. The summed E-state index contributed by atoms with van der Waals surface area (Å²) in [5.74, 6) is 1.78. The molecule has 0 aliphatic rings. The van der Waals surface area contributed by atoms with Gasteiger partial charge >= 0.3 is 0 Å². The lowest BCUT2D eigenvalue weighted by Gasteiger charge is -2.17. The number of hydrogen-bond donors (Lipinski definition) is 2. The molecule has 1 heterocycles. The summed E-state index contributed by atoms with van der Waals surface area (Å²) in [4.78, 5) is 11.1. The van der Waals surface area contributed by atoms with Crippen LogP contribution in [0.5, 0.6) is 0 Å². The standard InChI is InChI=1S/C18H25N5.HI/c1-4-19-18(21-13-15-9-6-5-7-10-15)22-14-16-11-8-12-20-17(16)23(2)3;/h5-12H,4,13-14H2,1-3H3,(H2,19,21,22);1H. The minimum Gasteiger partial charge on any atom is -0.362 e. The van der Waals surface area contributed by atoms with Gasteiger partial charge in [0.25, 0.3) is 0 Å². The van der Waals surface area contributed by atoms with Crippen molar-refractivity contribution in [3.8, 4) is 0 Å². The number of halogens is 1. The molecule has 1 aromatic carbocycles. The van der Waals surface area contributed by atoms with Crippen LogP contribution in [0.2, 0.25) is 0 Å². The highest BCUT2D eigenvalue weighted by atomic mass is 127. The monoisotopic (exact) mass is 439 g/mol. The second kappa shape index (κ2) is 10.9. The molecular formula is C18H26IN5. The molecule has 5 nitrogen and oxygen atoms in total. The molecule has 24 heavy (non-hydrogen) atoms. The van der Waals surface area contributed by atoms with E-state index in [9.17, 15) is 0 Å². The molecule has 0 radical (unpaired) electrons. The topological polar surface area (TPSA) is 52.6 Å². The quantitative estimate of drug-likeness (QED) is 0.413. The number of benzene rings is 1. The maximum absolute atomic E-state index is 4.63. The maximum atomic E-state index is 4.63. The molecule has 2 rings (SSSR count). The van der Waals surface area contributed by atoms with E-state index in [-0.39, 0.29) is 24.0 Å². The summed E-state index contributed by atoms with van der Waals surface area (Å²) in [7, 11) is 4.00. The van der Waals surface area contributed by atoms with Crippen molar-refractivity contribution in [3.05, 3.63) is 59.8 Å². The van der Waals surface area contributed by atoms with Crippen LogP contribution >= 0.6 is 24.0 Å². The Morgan fingerprint density at radius 2 is 1.83 bits per heavy atom. The molecule has 6 heteroatoms. The molecule has 0 saturated heterocycles. The number of nitrogens with zero attached hydrogens (tertiary/aromatic N) is 3. The van der Waals surface area contributed by atoms with Crippen molar-refractivity contribution in [1.82, 2.24) is 15.6 Å². The van der Waals surface area contributed by atoms with E-state index in [2.05, 4.69) is 45.7 Å². The first-order valence-electron chi connectivity index (χ1n) is 7.88. The van der Waals surface area contributed by atoms with E-state index in [4.69, 9.17) is 0 Å². The van der Waals surface area contributed by atoms with Gasteiger partial charge in [-0.1, -0.05) is 36.4 Å². The van der Waals surface area contributed by atoms with Crippen molar-refractivity contribution in [3.63, 3.8) is 0 Å². The molecule has 1 aromatic heterocycles. The Labute approximate surface area is 161 Å². The minimum absolute atomic E-state index is 0. The van der Waals surface area contributed by atoms with Crippen LogP contribution in [-0.2, 0) is 13.1 Å². The van der Waals surface area contributed by atoms with Gasteiger partial charge in [0, 0.05) is 38.9 Å². The lowest BCUT2D eigenvalue weighted by atomic mass is 10.2. The van der Waals surface area contributed by atoms with Crippen LogP contribution in [0.1, 0.15) is 18.1 Å². The molecule has 0 saturated carbocycles. The highest BCUT2D eigenvalue weighted by molar-refractivity contribution is 14.0. The van der Waals surface area contributed by atoms with Gasteiger partial charge in [-0.15, -0.1) is 24.0 Å². The van der Waals surface area contributed by atoms with Crippen molar-refractivity contribution in [2.24, 2.45) is 4.99 Å². The van der Waals surface area contributed by atoms with Crippen molar-refractivity contribution < 1.29 is 0 Å². The fourth-order valence-electron chi connectivity index (χ4n) is 2.25. The zero-order chi connectivity index (χ0) is 16.5. The molecule has 0 unspecified atom stereocenters. The molecular weight excluding hydrogens is 413 g/mol. The molecule has 0 atom stereocenters. The van der Waals surface area contributed by atoms with Gasteiger partial charge in [0.05, 0.1) is 6.54 Å². The van der Waals surface area contributed by atoms with Gasteiger partial charge in [-0.25, -0.2) is 9.98 Å².